The van der Waals surface area contributed by atoms with Gasteiger partial charge < -0.3 is 0 Å². The Morgan fingerprint density at radius 1 is 1.86 bits per heavy atom. The monoisotopic (exact) mass is 99.0 g/mol. The standard InChI is InChI=1S/C4H5NO2/c1-3(6)5-2-4(5)7/h2H2,1H3. The zero-order chi connectivity index (χ0) is 5.44. The van der Waals surface area contributed by atoms with Crippen molar-refractivity contribution in [1.29, 1.82) is 0 Å². The van der Waals surface area contributed by atoms with Gasteiger partial charge in [-0.15, -0.1) is 0 Å². The number of rotatable bonds is 0. The quantitative estimate of drug-likeness (QED) is 0.379. The normalized spacial score (nSPS) is 17.3. The van der Waals surface area contributed by atoms with Crippen LogP contribution in [0.4, 0.5) is 0 Å². The molecule has 0 saturated carbocycles. The fourth-order valence-electron chi connectivity index (χ4n) is 0.387. The molecule has 1 heterocycles. The number of carbonyl (C=O) groups is 2. The lowest BCUT2D eigenvalue weighted by molar-refractivity contribution is -0.128. The molecule has 0 spiro atoms. The molecule has 0 aromatic heterocycles. The predicted molar refractivity (Wildman–Crippen MR) is 22.4 cm³/mol. The summed E-state index contributed by atoms with van der Waals surface area (Å²) in [7, 11) is 0. The molecule has 1 aliphatic heterocycles. The highest BCUT2D eigenvalue weighted by atomic mass is 16.2. The maximum Gasteiger partial charge on any atom is 0.249 e. The maximum absolute atomic E-state index is 10.1. The Labute approximate surface area is 40.9 Å². The first-order valence-electron chi connectivity index (χ1n) is 2.03. The fraction of sp³-hybridized carbons (Fsp3) is 0.500. The van der Waals surface area contributed by atoms with Gasteiger partial charge in [0.15, 0.2) is 0 Å². The van der Waals surface area contributed by atoms with Crippen LogP contribution in [0.3, 0.4) is 0 Å². The molecule has 0 aliphatic carbocycles. The first kappa shape index (κ1) is 4.30. The molecular formula is C4H5NO2. The van der Waals surface area contributed by atoms with Crippen molar-refractivity contribution in [3.05, 3.63) is 0 Å². The average Bonchev–Trinajstić information content (AvgIpc) is 2.17. The molecule has 0 atom stereocenters. The van der Waals surface area contributed by atoms with E-state index in [4.69, 9.17) is 0 Å². The Kier molecular flexibility index (Phi) is 0.648. The third-order valence-electron chi connectivity index (χ3n) is 0.871. The zero-order valence-electron chi connectivity index (χ0n) is 3.97. The van der Waals surface area contributed by atoms with Crippen LogP contribution in [0.25, 0.3) is 0 Å². The molecular weight excluding hydrogens is 94.0 g/mol. The SMILES string of the molecule is CC(=O)N1CC1=O. The minimum atomic E-state index is -0.148. The van der Waals surface area contributed by atoms with Gasteiger partial charge in [0.05, 0.1) is 0 Å². The van der Waals surface area contributed by atoms with Gasteiger partial charge >= 0.3 is 0 Å². The second-order valence-corrected chi connectivity index (χ2v) is 1.50. The van der Waals surface area contributed by atoms with E-state index in [-0.39, 0.29) is 11.8 Å². The Morgan fingerprint density at radius 3 is 2.29 bits per heavy atom. The van der Waals surface area contributed by atoms with Gasteiger partial charge in [0, 0.05) is 6.92 Å². The molecule has 0 aromatic carbocycles. The van der Waals surface area contributed by atoms with Crippen LogP contribution in [-0.2, 0) is 9.59 Å². The third-order valence-corrected chi connectivity index (χ3v) is 0.871. The highest BCUT2D eigenvalue weighted by molar-refractivity contribution is 6.07. The summed E-state index contributed by atoms with van der Waals surface area (Å²) in [6.07, 6.45) is 0. The minimum Gasteiger partial charge on any atom is -0.275 e. The zero-order valence-corrected chi connectivity index (χ0v) is 3.97. The molecule has 7 heavy (non-hydrogen) atoms. The third kappa shape index (κ3) is 0.607. The van der Waals surface area contributed by atoms with Gasteiger partial charge in [-0.2, -0.15) is 0 Å². The van der Waals surface area contributed by atoms with Crippen LogP contribution in [0.1, 0.15) is 6.92 Å². The Balaban J connectivity index is 2.48. The van der Waals surface area contributed by atoms with Crippen LogP contribution >= 0.6 is 0 Å². The summed E-state index contributed by atoms with van der Waals surface area (Å²) in [6.45, 7) is 1.71. The van der Waals surface area contributed by atoms with E-state index in [0.29, 0.717) is 6.54 Å². The molecule has 0 bridgehead atoms. The van der Waals surface area contributed by atoms with Crippen molar-refractivity contribution in [3.63, 3.8) is 0 Å². The van der Waals surface area contributed by atoms with Crippen molar-refractivity contribution in [1.82, 2.24) is 4.90 Å². The van der Waals surface area contributed by atoms with Gasteiger partial charge in [0.1, 0.15) is 6.54 Å². The number of nitrogens with zero attached hydrogens (tertiary/aromatic N) is 1. The first-order valence-corrected chi connectivity index (χ1v) is 2.03. The Bertz CT molecular complexity index is 130. The number of amides is 2. The minimum absolute atomic E-state index is 0.0625. The first-order chi connectivity index (χ1) is 3.22. The van der Waals surface area contributed by atoms with Gasteiger partial charge in [-0.25, -0.2) is 0 Å². The summed E-state index contributed by atoms with van der Waals surface area (Å²) in [6, 6.07) is 0. The van der Waals surface area contributed by atoms with Crippen LogP contribution in [0.15, 0.2) is 0 Å². The van der Waals surface area contributed by atoms with Gasteiger partial charge in [-0.1, -0.05) is 0 Å². The second-order valence-electron chi connectivity index (χ2n) is 1.50. The average molecular weight is 99.1 g/mol. The topological polar surface area (TPSA) is 37.1 Å². The summed E-state index contributed by atoms with van der Waals surface area (Å²) >= 11 is 0. The largest absolute Gasteiger partial charge is 0.275 e. The lowest BCUT2D eigenvalue weighted by Crippen LogP contribution is -2.04. The lowest BCUT2D eigenvalue weighted by Gasteiger charge is -1.82. The van der Waals surface area contributed by atoms with E-state index in [9.17, 15) is 9.59 Å². The van der Waals surface area contributed by atoms with Crippen LogP contribution < -0.4 is 0 Å². The van der Waals surface area contributed by atoms with Crippen molar-refractivity contribution in [2.45, 2.75) is 6.92 Å². The molecule has 2 amide bonds. The predicted octanol–water partition coefficient (Wildman–Crippen LogP) is -0.625. The summed E-state index contributed by atoms with van der Waals surface area (Å²) in [4.78, 5) is 21.3. The fourth-order valence-corrected chi connectivity index (χ4v) is 0.387. The van der Waals surface area contributed by atoms with E-state index in [1.807, 2.05) is 0 Å². The van der Waals surface area contributed by atoms with E-state index in [1.54, 1.807) is 0 Å². The van der Waals surface area contributed by atoms with E-state index in [1.165, 1.54) is 11.8 Å². The molecule has 1 rings (SSSR count). The molecule has 0 aromatic rings. The van der Waals surface area contributed by atoms with Gasteiger partial charge in [-0.05, 0) is 0 Å². The smallest absolute Gasteiger partial charge is 0.249 e. The van der Waals surface area contributed by atoms with Crippen LogP contribution in [-0.4, -0.2) is 23.3 Å². The summed E-state index contributed by atoms with van der Waals surface area (Å²) in [5.41, 5.74) is 0. The lowest BCUT2D eigenvalue weighted by atomic mass is 10.7. The van der Waals surface area contributed by atoms with E-state index in [2.05, 4.69) is 0 Å². The van der Waals surface area contributed by atoms with Crippen LogP contribution in [0.2, 0.25) is 0 Å². The molecule has 1 fully saturated rings. The summed E-state index contributed by atoms with van der Waals surface area (Å²) < 4.78 is 0. The Hall–Kier alpha value is -0.860. The molecule has 1 aliphatic rings. The molecule has 1 saturated heterocycles. The molecule has 3 heteroatoms. The van der Waals surface area contributed by atoms with Crippen LogP contribution in [0.5, 0.6) is 0 Å². The number of imide groups is 1. The van der Waals surface area contributed by atoms with Crippen molar-refractivity contribution in [2.75, 3.05) is 6.54 Å². The maximum atomic E-state index is 10.1. The van der Waals surface area contributed by atoms with Crippen molar-refractivity contribution in [2.24, 2.45) is 0 Å². The number of hydrogen-bond acceptors (Lipinski definition) is 2. The highest BCUT2D eigenvalue weighted by Crippen LogP contribution is 2.04. The van der Waals surface area contributed by atoms with Crippen molar-refractivity contribution < 1.29 is 9.59 Å². The van der Waals surface area contributed by atoms with Gasteiger partial charge in [-0.3, -0.25) is 14.5 Å². The van der Waals surface area contributed by atoms with Gasteiger partial charge in [0.2, 0.25) is 11.8 Å². The highest BCUT2D eigenvalue weighted by Gasteiger charge is 2.33. The second kappa shape index (κ2) is 1.05. The van der Waals surface area contributed by atoms with Crippen LogP contribution in [0, 0.1) is 0 Å². The van der Waals surface area contributed by atoms with Crippen molar-refractivity contribution in [3.8, 4) is 0 Å². The molecule has 38 valence electrons. The Morgan fingerprint density at radius 2 is 2.29 bits per heavy atom. The number of carbonyl (C=O) groups excluding carboxylic acids is 2. The molecule has 0 radical (unpaired) electrons. The van der Waals surface area contributed by atoms with Gasteiger partial charge in [0.25, 0.3) is 0 Å². The summed E-state index contributed by atoms with van der Waals surface area (Å²) in [5, 5.41) is 0. The molecule has 3 nitrogen and oxygen atoms in total. The van der Waals surface area contributed by atoms with E-state index in [0.717, 1.165) is 0 Å². The molecule has 0 unspecified atom stereocenters. The summed E-state index contributed by atoms with van der Waals surface area (Å²) in [5.74, 6) is -0.211. The van der Waals surface area contributed by atoms with Crippen molar-refractivity contribution >= 4 is 11.8 Å². The van der Waals surface area contributed by atoms with E-state index < -0.39 is 0 Å². The van der Waals surface area contributed by atoms with E-state index >= 15 is 0 Å². The number of hydrogen-bond donors (Lipinski definition) is 0. The molecule has 0 N–H and O–H groups in total.